The molecule has 0 radical (unpaired) electrons. The maximum Gasteiger partial charge on any atom is 1.00 e. The van der Waals surface area contributed by atoms with Crippen molar-refractivity contribution in [2.75, 3.05) is 10.2 Å². The van der Waals surface area contributed by atoms with Gasteiger partial charge in [0.2, 0.25) is 0 Å². The molecule has 0 bridgehead atoms. The van der Waals surface area contributed by atoms with Gasteiger partial charge in [0.05, 0.1) is 22.4 Å². The Balaban J connectivity index is 0.00000588. The van der Waals surface area contributed by atoms with E-state index in [1.54, 1.807) is 6.07 Å². The fraction of sp³-hybridized carbons (Fsp3) is 0.647. The Kier molecular flexibility index (Phi) is 18.3. The van der Waals surface area contributed by atoms with Crippen molar-refractivity contribution in [2.45, 2.75) is 147 Å². The normalized spacial score (nSPS) is 14.5. The molecule has 7 heteroatoms. The number of unbranched alkanes of at least 4 members (excludes halogenated alkanes) is 17. The average Bonchev–Trinajstić information content (AvgIpc) is 3.28. The van der Waals surface area contributed by atoms with Gasteiger partial charge in [-0.05, 0) is 36.6 Å². The van der Waals surface area contributed by atoms with Crippen LogP contribution in [0.25, 0.3) is 0 Å². The second kappa shape index (κ2) is 20.8. The zero-order chi connectivity index (χ0) is 28.5. The van der Waals surface area contributed by atoms with Gasteiger partial charge < -0.3 is 14.8 Å². The molecule has 0 amide bonds. The predicted molar refractivity (Wildman–Crippen MR) is 168 cm³/mol. The van der Waals surface area contributed by atoms with Gasteiger partial charge in [0.1, 0.15) is 10.1 Å². The molecule has 2 aromatic rings. The van der Waals surface area contributed by atoms with E-state index in [0.29, 0.717) is 6.54 Å². The van der Waals surface area contributed by atoms with E-state index in [0.717, 1.165) is 29.8 Å². The quantitative estimate of drug-likeness (QED) is 0.0927. The first-order chi connectivity index (χ1) is 19.5. The second-order valence-corrected chi connectivity index (χ2v) is 13.1. The minimum absolute atomic E-state index is 0. The number of nitrogens with one attached hydrogen (secondary N) is 1. The van der Waals surface area contributed by atoms with E-state index in [-0.39, 0.29) is 40.6 Å². The molecular weight excluding hydrogens is 539 g/mol. The fourth-order valence-corrected chi connectivity index (χ4v) is 6.39. The molecule has 0 spiro atoms. The van der Waals surface area contributed by atoms with Crippen LogP contribution in [0.4, 0.5) is 11.4 Å². The summed E-state index contributed by atoms with van der Waals surface area (Å²) in [7, 11) is -4.49. The van der Waals surface area contributed by atoms with Crippen LogP contribution >= 0.6 is 0 Å². The Hall–Kier alpha value is -1.05. The van der Waals surface area contributed by atoms with Crippen molar-refractivity contribution in [2.24, 2.45) is 0 Å². The van der Waals surface area contributed by atoms with E-state index in [1.165, 1.54) is 121 Å². The summed E-state index contributed by atoms with van der Waals surface area (Å²) in [5.41, 5.74) is 2.86. The smallest absolute Gasteiger partial charge is 0.744 e. The standard InChI is InChI=1S/C34H54N2O3S.Na/c1-2-3-4-5-6-7-8-9-10-11-12-13-14-15-16-17-18-22-25-34-35-32-27-26-31(40(37,38)39)28-33(32)36(34)29-30-23-20-19-21-24-30;/h19-21,23-24,26-28,34-35H,2-18,22,25,29H2,1H3,(H,37,38,39);/q;+1/p-1. The number of anilines is 2. The molecule has 224 valence electrons. The molecule has 1 aliphatic heterocycles. The molecule has 0 aromatic heterocycles. The summed E-state index contributed by atoms with van der Waals surface area (Å²) in [4.78, 5) is 2.05. The Labute approximate surface area is 273 Å². The maximum atomic E-state index is 11.6. The van der Waals surface area contributed by atoms with Crippen LogP contribution in [0.2, 0.25) is 0 Å². The first kappa shape index (κ1) is 36.1. The molecule has 0 aliphatic carbocycles. The first-order valence-corrected chi connectivity index (χ1v) is 17.6. The zero-order valence-corrected chi connectivity index (χ0v) is 28.7. The Morgan fingerprint density at radius 1 is 0.707 bits per heavy atom. The number of rotatable bonds is 22. The summed E-state index contributed by atoms with van der Waals surface area (Å²) in [6, 6.07) is 14.9. The molecule has 0 saturated heterocycles. The van der Waals surface area contributed by atoms with Gasteiger partial charge in [0.15, 0.2) is 0 Å². The van der Waals surface area contributed by atoms with Gasteiger partial charge >= 0.3 is 29.6 Å². The fourth-order valence-electron chi connectivity index (χ4n) is 5.89. The Morgan fingerprint density at radius 3 is 1.68 bits per heavy atom. The van der Waals surface area contributed by atoms with Gasteiger partial charge in [-0.3, -0.25) is 0 Å². The largest absolute Gasteiger partial charge is 1.00 e. The van der Waals surface area contributed by atoms with Crippen molar-refractivity contribution >= 4 is 21.5 Å². The van der Waals surface area contributed by atoms with Crippen LogP contribution in [-0.4, -0.2) is 19.1 Å². The van der Waals surface area contributed by atoms with E-state index in [2.05, 4.69) is 29.3 Å². The number of fused-ring (bicyclic) bond motifs is 1. The van der Waals surface area contributed by atoms with Crippen LogP contribution in [0.1, 0.15) is 134 Å². The molecule has 1 unspecified atom stereocenters. The van der Waals surface area contributed by atoms with Crippen LogP contribution in [0.3, 0.4) is 0 Å². The molecule has 1 heterocycles. The maximum absolute atomic E-state index is 11.6. The Bertz CT molecular complexity index is 1060. The molecule has 0 saturated carbocycles. The van der Waals surface area contributed by atoms with Gasteiger partial charge in [0.25, 0.3) is 0 Å². The summed E-state index contributed by atoms with van der Waals surface area (Å²) < 4.78 is 34.9. The van der Waals surface area contributed by atoms with Crippen molar-refractivity contribution in [3.8, 4) is 0 Å². The summed E-state index contributed by atoms with van der Waals surface area (Å²) in [5.74, 6) is 0. The molecular formula is C34H53N2NaO3S. The van der Waals surface area contributed by atoms with E-state index in [1.807, 2.05) is 18.2 Å². The van der Waals surface area contributed by atoms with Gasteiger partial charge in [-0.15, -0.1) is 0 Å². The van der Waals surface area contributed by atoms with Crippen LogP contribution in [-0.2, 0) is 16.7 Å². The Morgan fingerprint density at radius 2 is 1.20 bits per heavy atom. The predicted octanol–water partition coefficient (Wildman–Crippen LogP) is 6.78. The molecule has 1 N–H and O–H groups in total. The third kappa shape index (κ3) is 13.9. The topological polar surface area (TPSA) is 72.5 Å². The van der Waals surface area contributed by atoms with Gasteiger partial charge in [-0.1, -0.05) is 146 Å². The SMILES string of the molecule is CCCCCCCCCCCCCCCCCCCCC1Nc2ccc(S(=O)(=O)[O-])cc2N1Cc1ccccc1.[Na+]. The monoisotopic (exact) mass is 592 g/mol. The second-order valence-electron chi connectivity index (χ2n) is 11.7. The van der Waals surface area contributed by atoms with Crippen molar-refractivity contribution in [1.82, 2.24) is 0 Å². The number of benzene rings is 2. The molecule has 3 rings (SSSR count). The summed E-state index contributed by atoms with van der Waals surface area (Å²) >= 11 is 0. The molecule has 41 heavy (non-hydrogen) atoms. The summed E-state index contributed by atoms with van der Waals surface area (Å²) in [6.45, 7) is 2.96. The van der Waals surface area contributed by atoms with Crippen molar-refractivity contribution < 1.29 is 42.5 Å². The van der Waals surface area contributed by atoms with Crippen molar-refractivity contribution in [1.29, 1.82) is 0 Å². The molecule has 0 fully saturated rings. The summed E-state index contributed by atoms with van der Waals surface area (Å²) in [5, 5.41) is 3.57. The minimum atomic E-state index is -4.49. The van der Waals surface area contributed by atoms with E-state index < -0.39 is 10.1 Å². The van der Waals surface area contributed by atoms with E-state index >= 15 is 0 Å². The summed E-state index contributed by atoms with van der Waals surface area (Å²) in [6.07, 6.45) is 25.7. The van der Waals surface area contributed by atoms with E-state index in [9.17, 15) is 13.0 Å². The van der Waals surface area contributed by atoms with Crippen LogP contribution in [0.15, 0.2) is 53.4 Å². The van der Waals surface area contributed by atoms with Crippen LogP contribution in [0.5, 0.6) is 0 Å². The minimum Gasteiger partial charge on any atom is -0.744 e. The van der Waals surface area contributed by atoms with Crippen LogP contribution in [0, 0.1) is 0 Å². The average molecular weight is 593 g/mol. The molecule has 1 aliphatic rings. The molecule has 2 aromatic carbocycles. The zero-order valence-electron chi connectivity index (χ0n) is 25.9. The third-order valence-corrected chi connectivity index (χ3v) is 9.12. The number of hydrogen-bond acceptors (Lipinski definition) is 5. The third-order valence-electron chi connectivity index (χ3n) is 8.29. The van der Waals surface area contributed by atoms with E-state index in [4.69, 9.17) is 0 Å². The van der Waals surface area contributed by atoms with Gasteiger partial charge in [0, 0.05) is 6.54 Å². The first-order valence-electron chi connectivity index (χ1n) is 16.2. The van der Waals surface area contributed by atoms with Crippen LogP contribution < -0.4 is 39.8 Å². The molecule has 5 nitrogen and oxygen atoms in total. The van der Waals surface area contributed by atoms with Crippen molar-refractivity contribution in [3.63, 3.8) is 0 Å². The number of hydrogen-bond donors (Lipinski definition) is 1. The molecule has 1 atom stereocenters. The van der Waals surface area contributed by atoms with Crippen molar-refractivity contribution in [3.05, 3.63) is 54.1 Å². The number of nitrogens with zero attached hydrogens (tertiary/aromatic N) is 1. The van der Waals surface area contributed by atoms with Gasteiger partial charge in [-0.25, -0.2) is 8.42 Å². The van der Waals surface area contributed by atoms with Gasteiger partial charge in [-0.2, -0.15) is 0 Å².